The largest absolute Gasteiger partial charge is 0.462 e. The highest BCUT2D eigenvalue weighted by molar-refractivity contribution is 8.22. The van der Waals surface area contributed by atoms with Gasteiger partial charge in [0.25, 0.3) is 0 Å². The number of benzene rings is 1. The maximum atomic E-state index is 13.1. The molecule has 3 saturated heterocycles. The van der Waals surface area contributed by atoms with Crippen molar-refractivity contribution in [3.8, 4) is 0 Å². The van der Waals surface area contributed by atoms with Crippen LogP contribution in [0.5, 0.6) is 0 Å². The minimum absolute atomic E-state index is 0.0175. The van der Waals surface area contributed by atoms with E-state index in [1.54, 1.807) is 0 Å². The first kappa shape index (κ1) is 29.4. The summed E-state index contributed by atoms with van der Waals surface area (Å²) in [5, 5.41) is 0. The third-order valence-electron chi connectivity index (χ3n) is 10.2. The number of piperidine rings is 3. The second-order valence-corrected chi connectivity index (χ2v) is 14.9. The Hall–Kier alpha value is -1.11. The normalized spacial score (nSPS) is 33.0. The molecule has 1 unspecified atom stereocenters. The molecule has 1 aromatic rings. The molecule has 6 heteroatoms. The van der Waals surface area contributed by atoms with E-state index >= 15 is 0 Å². The lowest BCUT2D eigenvalue weighted by atomic mass is 9.69. The van der Waals surface area contributed by atoms with Crippen LogP contribution in [-0.4, -0.2) is 57.9 Å². The van der Waals surface area contributed by atoms with Gasteiger partial charge < -0.3 is 9.64 Å². The maximum absolute atomic E-state index is 13.1. The van der Waals surface area contributed by atoms with Gasteiger partial charge in [0.05, 0.1) is 0 Å². The zero-order chi connectivity index (χ0) is 27.4. The molecule has 216 valence electrons. The smallest absolute Gasteiger partial charge is 0.306 e. The Morgan fingerprint density at radius 1 is 1.10 bits per heavy atom. The van der Waals surface area contributed by atoms with Crippen LogP contribution in [-0.2, 0) is 15.3 Å². The van der Waals surface area contributed by atoms with Crippen molar-refractivity contribution in [1.82, 2.24) is 9.80 Å². The van der Waals surface area contributed by atoms with E-state index in [9.17, 15) is 4.79 Å². The average Bonchev–Trinajstić information content (AvgIpc) is 2.93. The zero-order valence-corrected chi connectivity index (χ0v) is 26.1. The number of thiocarbonyl (C=S) groups is 1. The molecule has 1 aliphatic carbocycles. The van der Waals surface area contributed by atoms with Crippen molar-refractivity contribution in [3.05, 3.63) is 35.9 Å². The molecular weight excluding hydrogens is 521 g/mol. The lowest BCUT2D eigenvalue weighted by Crippen LogP contribution is -2.65. The van der Waals surface area contributed by atoms with Crippen LogP contribution in [0.1, 0.15) is 90.5 Å². The molecule has 0 amide bonds. The molecule has 5 rings (SSSR count). The molecule has 4 fully saturated rings. The summed E-state index contributed by atoms with van der Waals surface area (Å²) in [6.07, 6.45) is 11.3. The quantitative estimate of drug-likeness (QED) is 0.237. The SMILES string of the molecule is CC(C)[C@H]1CC[C@H](C)CC1OC(=O)CCC[C@@H]1[C@H]2CCCN3CCC[C@@H](CN1C(=S)SCc1ccccc1)[C@@H]23. The minimum Gasteiger partial charge on any atom is -0.462 e. The second-order valence-electron chi connectivity index (χ2n) is 13.2. The maximum Gasteiger partial charge on any atom is 0.306 e. The average molecular weight is 571 g/mol. The van der Waals surface area contributed by atoms with Gasteiger partial charge in [-0.3, -0.25) is 9.69 Å². The van der Waals surface area contributed by atoms with Crippen LogP contribution in [0.3, 0.4) is 0 Å². The van der Waals surface area contributed by atoms with E-state index in [1.165, 1.54) is 57.2 Å². The minimum atomic E-state index is 0.0175. The van der Waals surface area contributed by atoms with E-state index in [1.807, 2.05) is 11.8 Å². The molecule has 4 aliphatic rings. The van der Waals surface area contributed by atoms with Crippen molar-refractivity contribution in [3.63, 3.8) is 0 Å². The third kappa shape index (κ3) is 7.22. The lowest BCUT2D eigenvalue weighted by Gasteiger charge is -2.58. The summed E-state index contributed by atoms with van der Waals surface area (Å²) in [7, 11) is 0. The van der Waals surface area contributed by atoms with Gasteiger partial charge >= 0.3 is 5.97 Å². The monoisotopic (exact) mass is 570 g/mol. The molecule has 0 spiro atoms. The van der Waals surface area contributed by atoms with Crippen molar-refractivity contribution in [2.45, 2.75) is 109 Å². The van der Waals surface area contributed by atoms with Gasteiger partial charge in [-0.05, 0) is 99.6 Å². The van der Waals surface area contributed by atoms with Crippen molar-refractivity contribution in [2.24, 2.45) is 29.6 Å². The summed E-state index contributed by atoms with van der Waals surface area (Å²) in [6.45, 7) is 10.5. The molecule has 0 aromatic heterocycles. The molecule has 7 atom stereocenters. The molecule has 0 bridgehead atoms. The molecule has 1 saturated carbocycles. The van der Waals surface area contributed by atoms with Gasteiger partial charge in [-0.1, -0.05) is 81.5 Å². The number of thioether (sulfide) groups is 1. The molecule has 1 aromatic carbocycles. The number of carbonyl (C=O) groups is 1. The van der Waals surface area contributed by atoms with Gasteiger partial charge in [0.2, 0.25) is 0 Å². The van der Waals surface area contributed by atoms with Gasteiger partial charge in [-0.15, -0.1) is 0 Å². The zero-order valence-electron chi connectivity index (χ0n) is 24.4. The fourth-order valence-electron chi connectivity index (χ4n) is 8.31. The van der Waals surface area contributed by atoms with Crippen LogP contribution in [0.15, 0.2) is 30.3 Å². The van der Waals surface area contributed by atoms with Gasteiger partial charge in [0, 0.05) is 30.8 Å². The standard InChI is InChI=1S/C33H50N2O2S2/c1-23(2)27-17-16-24(3)20-30(27)37-31(36)15-7-14-29-28-13-9-19-34-18-8-12-26(32(28)34)21-35(29)33(38)39-22-25-10-5-4-6-11-25/h4-6,10-11,23-24,26-30,32H,7-9,12-22H2,1-3H3/t24-,26-,27+,28+,29+,30?,32-/m0/s1. The Balaban J connectivity index is 1.22. The van der Waals surface area contributed by atoms with E-state index < -0.39 is 0 Å². The fraction of sp³-hybridized carbons (Fsp3) is 0.758. The first-order valence-electron chi connectivity index (χ1n) is 15.8. The first-order chi connectivity index (χ1) is 18.9. The lowest BCUT2D eigenvalue weighted by molar-refractivity contribution is -0.156. The predicted octanol–water partition coefficient (Wildman–Crippen LogP) is 7.55. The molecule has 39 heavy (non-hydrogen) atoms. The van der Waals surface area contributed by atoms with Crippen molar-refractivity contribution in [1.29, 1.82) is 0 Å². The van der Waals surface area contributed by atoms with Crippen molar-refractivity contribution >= 4 is 34.3 Å². The van der Waals surface area contributed by atoms with Gasteiger partial charge in [0.15, 0.2) is 0 Å². The highest BCUT2D eigenvalue weighted by atomic mass is 32.2. The Morgan fingerprint density at radius 2 is 1.87 bits per heavy atom. The summed E-state index contributed by atoms with van der Waals surface area (Å²) in [6, 6.07) is 11.8. The van der Waals surface area contributed by atoms with Crippen LogP contribution in [0.25, 0.3) is 0 Å². The van der Waals surface area contributed by atoms with Crippen LogP contribution in [0.4, 0.5) is 0 Å². The summed E-state index contributed by atoms with van der Waals surface area (Å²) in [4.78, 5) is 18.5. The summed E-state index contributed by atoms with van der Waals surface area (Å²) in [5.41, 5.74) is 1.33. The number of hydrogen-bond acceptors (Lipinski definition) is 5. The number of esters is 1. The van der Waals surface area contributed by atoms with Gasteiger partial charge in [0.1, 0.15) is 10.4 Å². The molecular formula is C33H50N2O2S2. The van der Waals surface area contributed by atoms with Crippen molar-refractivity contribution < 1.29 is 9.53 Å². The summed E-state index contributed by atoms with van der Waals surface area (Å²) >= 11 is 7.96. The van der Waals surface area contributed by atoms with E-state index in [2.05, 4.69) is 60.9 Å². The van der Waals surface area contributed by atoms with E-state index in [0.717, 1.165) is 41.8 Å². The van der Waals surface area contributed by atoms with E-state index in [-0.39, 0.29) is 12.1 Å². The number of rotatable bonds is 8. The van der Waals surface area contributed by atoms with Crippen LogP contribution >= 0.6 is 24.0 Å². The fourth-order valence-corrected chi connectivity index (χ4v) is 9.56. The van der Waals surface area contributed by atoms with Gasteiger partial charge in [-0.2, -0.15) is 0 Å². The molecule has 3 aliphatic heterocycles. The molecule has 3 heterocycles. The third-order valence-corrected chi connectivity index (χ3v) is 11.8. The molecule has 4 nitrogen and oxygen atoms in total. The van der Waals surface area contributed by atoms with E-state index in [0.29, 0.717) is 42.2 Å². The predicted molar refractivity (Wildman–Crippen MR) is 167 cm³/mol. The Labute approximate surface area is 247 Å². The second kappa shape index (κ2) is 13.7. The summed E-state index contributed by atoms with van der Waals surface area (Å²) in [5.74, 6) is 4.06. The highest BCUT2D eigenvalue weighted by Crippen LogP contribution is 2.44. The number of hydrogen-bond donors (Lipinski definition) is 0. The van der Waals surface area contributed by atoms with Gasteiger partial charge in [-0.25, -0.2) is 0 Å². The van der Waals surface area contributed by atoms with Crippen molar-refractivity contribution in [2.75, 3.05) is 19.6 Å². The topological polar surface area (TPSA) is 32.8 Å². The Bertz CT molecular complexity index is 954. The Morgan fingerprint density at radius 3 is 2.64 bits per heavy atom. The number of likely N-dealkylation sites (tertiary alicyclic amines) is 1. The van der Waals surface area contributed by atoms with Crippen LogP contribution in [0.2, 0.25) is 0 Å². The first-order valence-corrected chi connectivity index (χ1v) is 17.2. The molecule has 0 radical (unpaired) electrons. The Kier molecular flexibility index (Phi) is 10.3. The number of carbonyl (C=O) groups excluding carboxylic acids is 1. The number of ether oxygens (including phenoxy) is 1. The van der Waals surface area contributed by atoms with Crippen LogP contribution < -0.4 is 0 Å². The van der Waals surface area contributed by atoms with Crippen LogP contribution in [0, 0.1) is 29.6 Å². The summed E-state index contributed by atoms with van der Waals surface area (Å²) < 4.78 is 7.22. The van der Waals surface area contributed by atoms with E-state index in [4.69, 9.17) is 17.0 Å². The molecule has 0 N–H and O–H groups in total. The number of nitrogens with zero attached hydrogens (tertiary/aromatic N) is 2. The highest BCUT2D eigenvalue weighted by Gasteiger charge is 2.49.